The number of amides is 2. The van der Waals surface area contributed by atoms with Gasteiger partial charge in [0.05, 0.1) is 17.0 Å². The molecule has 116 valence electrons. The number of sulfonamides is 1. The van der Waals surface area contributed by atoms with Gasteiger partial charge in [-0.15, -0.1) is 0 Å². The molecule has 0 radical (unpaired) electrons. The standard InChI is InChI=1S/C12H17N3O5S/c1-8-4-3-5-9(10(8)11(16)17)15-12(18)14-6-7-21(19,20)13-2/h3-5,13H,6-7H2,1-2H3,(H,16,17)(H2,14,15,18). The smallest absolute Gasteiger partial charge is 0.338 e. The summed E-state index contributed by atoms with van der Waals surface area (Å²) >= 11 is 0. The lowest BCUT2D eigenvalue weighted by atomic mass is 10.1. The number of aryl methyl sites for hydroxylation is 1. The molecule has 0 aliphatic heterocycles. The van der Waals surface area contributed by atoms with E-state index < -0.39 is 22.0 Å². The van der Waals surface area contributed by atoms with E-state index in [0.29, 0.717) is 5.56 Å². The quantitative estimate of drug-likeness (QED) is 0.603. The molecule has 1 rings (SSSR count). The van der Waals surface area contributed by atoms with Crippen LogP contribution in [0, 0.1) is 6.92 Å². The molecule has 0 aliphatic rings. The van der Waals surface area contributed by atoms with Gasteiger partial charge in [0.2, 0.25) is 10.0 Å². The molecule has 2 amide bonds. The third-order valence-electron chi connectivity index (χ3n) is 2.70. The Morgan fingerprint density at radius 2 is 1.95 bits per heavy atom. The van der Waals surface area contributed by atoms with E-state index in [2.05, 4.69) is 15.4 Å². The van der Waals surface area contributed by atoms with Crippen LogP contribution in [0.4, 0.5) is 10.5 Å². The maximum absolute atomic E-state index is 11.6. The number of benzene rings is 1. The average Bonchev–Trinajstić information content (AvgIpc) is 2.38. The third-order valence-corrected chi connectivity index (χ3v) is 4.07. The Kier molecular flexibility index (Phi) is 5.68. The molecule has 1 aromatic carbocycles. The molecule has 4 N–H and O–H groups in total. The van der Waals surface area contributed by atoms with E-state index in [9.17, 15) is 18.0 Å². The second kappa shape index (κ2) is 7.04. The van der Waals surface area contributed by atoms with Crippen LogP contribution in [0.3, 0.4) is 0 Å². The van der Waals surface area contributed by atoms with Crippen molar-refractivity contribution in [2.75, 3.05) is 24.7 Å². The molecule has 0 aliphatic carbocycles. The zero-order valence-corrected chi connectivity index (χ0v) is 12.5. The molecule has 0 heterocycles. The van der Waals surface area contributed by atoms with E-state index in [1.807, 2.05) is 0 Å². The minimum atomic E-state index is -3.40. The summed E-state index contributed by atoms with van der Waals surface area (Å²) in [7, 11) is -2.12. The van der Waals surface area contributed by atoms with Crippen LogP contribution in [0.5, 0.6) is 0 Å². The van der Waals surface area contributed by atoms with Gasteiger partial charge in [-0.3, -0.25) is 0 Å². The summed E-state index contributed by atoms with van der Waals surface area (Å²) in [4.78, 5) is 22.8. The second-order valence-corrected chi connectivity index (χ2v) is 6.25. The van der Waals surface area contributed by atoms with Crippen LogP contribution in [0.25, 0.3) is 0 Å². The van der Waals surface area contributed by atoms with E-state index in [0.717, 1.165) is 0 Å². The van der Waals surface area contributed by atoms with Crippen molar-refractivity contribution in [3.63, 3.8) is 0 Å². The van der Waals surface area contributed by atoms with E-state index in [4.69, 9.17) is 5.11 Å². The molecule has 0 atom stereocenters. The van der Waals surface area contributed by atoms with Crippen LogP contribution in [0.2, 0.25) is 0 Å². The van der Waals surface area contributed by atoms with Crippen LogP contribution in [-0.2, 0) is 10.0 Å². The van der Waals surface area contributed by atoms with Gasteiger partial charge in [0.25, 0.3) is 0 Å². The van der Waals surface area contributed by atoms with Gasteiger partial charge in [-0.1, -0.05) is 12.1 Å². The number of carboxylic acid groups (broad SMARTS) is 1. The van der Waals surface area contributed by atoms with Crippen LogP contribution >= 0.6 is 0 Å². The average molecular weight is 315 g/mol. The Balaban J connectivity index is 2.68. The minimum absolute atomic E-state index is 0.00417. The minimum Gasteiger partial charge on any atom is -0.478 e. The number of anilines is 1. The fraction of sp³-hybridized carbons (Fsp3) is 0.333. The third kappa shape index (κ3) is 5.04. The van der Waals surface area contributed by atoms with Crippen molar-refractivity contribution in [3.8, 4) is 0 Å². The number of hydrogen-bond acceptors (Lipinski definition) is 4. The van der Waals surface area contributed by atoms with E-state index in [1.165, 1.54) is 13.1 Å². The highest BCUT2D eigenvalue weighted by Gasteiger charge is 2.15. The molecule has 0 saturated heterocycles. The summed E-state index contributed by atoms with van der Waals surface area (Å²) in [5.41, 5.74) is 0.657. The number of carbonyl (C=O) groups excluding carboxylic acids is 1. The van der Waals surface area contributed by atoms with Gasteiger partial charge in [0.1, 0.15) is 0 Å². The Labute approximate surface area is 122 Å². The maximum Gasteiger partial charge on any atom is 0.338 e. The maximum atomic E-state index is 11.6. The monoisotopic (exact) mass is 315 g/mol. The SMILES string of the molecule is CNS(=O)(=O)CCNC(=O)Nc1cccc(C)c1C(=O)O. The molecule has 21 heavy (non-hydrogen) atoms. The Morgan fingerprint density at radius 1 is 1.29 bits per heavy atom. The van der Waals surface area contributed by atoms with Crippen molar-refractivity contribution in [1.29, 1.82) is 0 Å². The summed E-state index contributed by atoms with van der Waals surface area (Å²) < 4.78 is 24.5. The van der Waals surface area contributed by atoms with Gasteiger partial charge < -0.3 is 15.7 Å². The molecule has 0 fully saturated rings. The van der Waals surface area contributed by atoms with Crippen LogP contribution < -0.4 is 15.4 Å². The predicted molar refractivity (Wildman–Crippen MR) is 78.0 cm³/mol. The fourth-order valence-electron chi connectivity index (χ4n) is 1.62. The summed E-state index contributed by atoms with van der Waals surface area (Å²) in [5, 5.41) is 13.9. The lowest BCUT2D eigenvalue weighted by Crippen LogP contribution is -2.35. The molecule has 0 saturated carbocycles. The Morgan fingerprint density at radius 3 is 2.52 bits per heavy atom. The molecule has 1 aromatic rings. The zero-order chi connectivity index (χ0) is 16.0. The van der Waals surface area contributed by atoms with Crippen molar-refractivity contribution >= 4 is 27.7 Å². The van der Waals surface area contributed by atoms with Gasteiger partial charge in [-0.05, 0) is 25.6 Å². The van der Waals surface area contributed by atoms with Gasteiger partial charge in [0.15, 0.2) is 0 Å². The summed E-state index contributed by atoms with van der Waals surface area (Å²) in [6, 6.07) is 4.02. The van der Waals surface area contributed by atoms with E-state index in [-0.39, 0.29) is 23.5 Å². The van der Waals surface area contributed by atoms with Crippen LogP contribution in [-0.4, -0.2) is 44.9 Å². The highest BCUT2D eigenvalue weighted by atomic mass is 32.2. The molecule has 0 spiro atoms. The molecular weight excluding hydrogens is 298 g/mol. The number of urea groups is 1. The summed E-state index contributed by atoms with van der Waals surface area (Å²) in [5.74, 6) is -1.42. The number of carboxylic acids is 1. The first-order chi connectivity index (χ1) is 9.76. The first kappa shape index (κ1) is 16.9. The number of carbonyl (C=O) groups is 2. The van der Waals surface area contributed by atoms with Crippen molar-refractivity contribution in [2.24, 2.45) is 0 Å². The highest BCUT2D eigenvalue weighted by molar-refractivity contribution is 7.89. The lowest BCUT2D eigenvalue weighted by molar-refractivity contribution is 0.0697. The summed E-state index contributed by atoms with van der Waals surface area (Å²) in [6.45, 7) is 1.52. The number of nitrogens with one attached hydrogen (secondary N) is 3. The highest BCUT2D eigenvalue weighted by Crippen LogP contribution is 2.19. The fourth-order valence-corrected chi connectivity index (χ4v) is 2.20. The Bertz CT molecular complexity index is 642. The molecule has 0 aromatic heterocycles. The second-order valence-electron chi connectivity index (χ2n) is 4.21. The number of hydrogen-bond donors (Lipinski definition) is 4. The molecule has 0 unspecified atom stereocenters. The largest absolute Gasteiger partial charge is 0.478 e. The van der Waals surface area contributed by atoms with Crippen LogP contribution in [0.15, 0.2) is 18.2 Å². The van der Waals surface area contributed by atoms with E-state index in [1.54, 1.807) is 19.1 Å². The number of rotatable bonds is 6. The summed E-state index contributed by atoms with van der Waals surface area (Å²) in [6.07, 6.45) is 0. The van der Waals surface area contributed by atoms with Crippen molar-refractivity contribution in [1.82, 2.24) is 10.0 Å². The molecule has 8 nitrogen and oxygen atoms in total. The van der Waals surface area contributed by atoms with E-state index >= 15 is 0 Å². The molecular formula is C12H17N3O5S. The van der Waals surface area contributed by atoms with Crippen molar-refractivity contribution in [3.05, 3.63) is 29.3 Å². The van der Waals surface area contributed by atoms with Gasteiger partial charge in [-0.25, -0.2) is 22.7 Å². The Hall–Kier alpha value is -2.13. The normalized spacial score (nSPS) is 11.0. The molecule has 9 heteroatoms. The number of aromatic carboxylic acids is 1. The van der Waals surface area contributed by atoms with Crippen molar-refractivity contribution in [2.45, 2.75) is 6.92 Å². The van der Waals surface area contributed by atoms with Crippen LogP contribution in [0.1, 0.15) is 15.9 Å². The van der Waals surface area contributed by atoms with Crippen molar-refractivity contribution < 1.29 is 23.1 Å². The van der Waals surface area contributed by atoms with Gasteiger partial charge >= 0.3 is 12.0 Å². The first-order valence-corrected chi connectivity index (χ1v) is 7.71. The van der Waals surface area contributed by atoms with Gasteiger partial charge in [0, 0.05) is 6.54 Å². The van der Waals surface area contributed by atoms with Gasteiger partial charge in [-0.2, -0.15) is 0 Å². The topological polar surface area (TPSA) is 125 Å². The molecule has 0 bridgehead atoms. The zero-order valence-electron chi connectivity index (χ0n) is 11.6. The first-order valence-electron chi connectivity index (χ1n) is 6.06. The lowest BCUT2D eigenvalue weighted by Gasteiger charge is -2.11. The predicted octanol–water partition coefficient (Wildman–Crippen LogP) is 0.364.